The van der Waals surface area contributed by atoms with Crippen LogP contribution >= 0.6 is 0 Å². The van der Waals surface area contributed by atoms with Gasteiger partial charge in [0, 0.05) is 18.3 Å². The van der Waals surface area contributed by atoms with Crippen molar-refractivity contribution in [1.82, 2.24) is 9.44 Å². The summed E-state index contributed by atoms with van der Waals surface area (Å²) >= 11 is 0. The Labute approximate surface area is 196 Å². The van der Waals surface area contributed by atoms with E-state index in [2.05, 4.69) is 14.2 Å². The number of hydrogen-bond donors (Lipinski definition) is 3. The summed E-state index contributed by atoms with van der Waals surface area (Å²) in [5, 5.41) is 0. The highest BCUT2D eigenvalue weighted by atomic mass is 32.2. The summed E-state index contributed by atoms with van der Waals surface area (Å²) in [7, 11) is -10.8. The van der Waals surface area contributed by atoms with E-state index in [0.717, 1.165) is 43.9 Å². The van der Waals surface area contributed by atoms with Crippen LogP contribution in [0.1, 0.15) is 37.7 Å². The zero-order chi connectivity index (χ0) is 24.1. The maximum absolute atomic E-state index is 12.6. The summed E-state index contributed by atoms with van der Waals surface area (Å²) < 4.78 is 80.1. The molecule has 1 saturated carbocycles. The summed E-state index contributed by atoms with van der Waals surface area (Å²) in [4.78, 5) is 0.206. The molecule has 0 amide bonds. The summed E-state index contributed by atoms with van der Waals surface area (Å²) in [6.07, 6.45) is 6.30. The van der Waals surface area contributed by atoms with E-state index >= 15 is 0 Å². The molecule has 1 fully saturated rings. The Balaban J connectivity index is 1.54. The molecule has 0 radical (unpaired) electrons. The fourth-order valence-electron chi connectivity index (χ4n) is 3.67. The van der Waals surface area contributed by atoms with Crippen LogP contribution in [-0.4, -0.2) is 44.1 Å². The van der Waals surface area contributed by atoms with Gasteiger partial charge in [0.2, 0.25) is 30.1 Å². The topological polar surface area (TPSA) is 139 Å². The number of rotatable bonds is 10. The van der Waals surface area contributed by atoms with Crippen LogP contribution in [0.25, 0.3) is 0 Å². The van der Waals surface area contributed by atoms with Crippen molar-refractivity contribution in [3.8, 4) is 0 Å². The van der Waals surface area contributed by atoms with E-state index in [1.54, 1.807) is 12.1 Å². The van der Waals surface area contributed by atoms with Gasteiger partial charge in [0.1, 0.15) is 0 Å². The molecular weight excluding hydrogens is 486 g/mol. The highest BCUT2D eigenvalue weighted by Gasteiger charge is 2.21. The van der Waals surface area contributed by atoms with Crippen LogP contribution in [-0.2, 0) is 36.5 Å². The Morgan fingerprint density at radius 2 is 1.30 bits per heavy atom. The maximum Gasteiger partial charge on any atom is 0.240 e. The van der Waals surface area contributed by atoms with E-state index in [-0.39, 0.29) is 28.1 Å². The molecule has 1 aliphatic carbocycles. The maximum atomic E-state index is 12.6. The highest BCUT2D eigenvalue weighted by Crippen LogP contribution is 2.20. The Bertz CT molecular complexity index is 1250. The first-order chi connectivity index (χ1) is 15.4. The summed E-state index contributed by atoms with van der Waals surface area (Å²) in [5.74, 6) is 0. The quantitative estimate of drug-likeness (QED) is 0.443. The zero-order valence-electron chi connectivity index (χ0n) is 18.3. The second kappa shape index (κ2) is 10.5. The molecule has 2 aromatic carbocycles. The summed E-state index contributed by atoms with van der Waals surface area (Å²) in [6, 6.07) is 11.8. The molecule has 0 spiro atoms. The van der Waals surface area contributed by atoms with Gasteiger partial charge >= 0.3 is 0 Å². The van der Waals surface area contributed by atoms with Crippen molar-refractivity contribution in [2.75, 3.05) is 17.5 Å². The number of hydrogen-bond acceptors (Lipinski definition) is 6. The number of sulfonamides is 3. The first-order valence-electron chi connectivity index (χ1n) is 10.6. The van der Waals surface area contributed by atoms with E-state index in [0.29, 0.717) is 6.42 Å². The Kier molecular flexibility index (Phi) is 8.17. The monoisotopic (exact) mass is 515 g/mol. The van der Waals surface area contributed by atoms with Crippen LogP contribution in [0, 0.1) is 0 Å². The third-order valence-electron chi connectivity index (χ3n) is 5.33. The highest BCUT2D eigenvalue weighted by molar-refractivity contribution is 7.92. The van der Waals surface area contributed by atoms with Crippen LogP contribution < -0.4 is 14.2 Å². The standard InChI is InChI=1S/C21H29N3O6S3/c1-31(25,26)23-19-9-13-20(14-10-19)32(27,28)22-16-15-17-7-11-21(12-8-17)33(29,30)24-18-5-3-2-4-6-18/h7-14,18,22-24H,2-6,15-16H2,1H3. The molecule has 12 heteroatoms. The average molecular weight is 516 g/mol. The van der Waals surface area contributed by atoms with Crippen molar-refractivity contribution >= 4 is 35.8 Å². The van der Waals surface area contributed by atoms with Gasteiger partial charge in [0.25, 0.3) is 0 Å². The average Bonchev–Trinajstić information content (AvgIpc) is 2.74. The van der Waals surface area contributed by atoms with Gasteiger partial charge in [-0.2, -0.15) is 0 Å². The van der Waals surface area contributed by atoms with Crippen molar-refractivity contribution in [1.29, 1.82) is 0 Å². The van der Waals surface area contributed by atoms with Gasteiger partial charge < -0.3 is 0 Å². The number of nitrogens with one attached hydrogen (secondary N) is 3. The summed E-state index contributed by atoms with van der Waals surface area (Å²) in [6.45, 7) is 0.123. The lowest BCUT2D eigenvalue weighted by atomic mass is 9.96. The molecule has 2 aromatic rings. The van der Waals surface area contributed by atoms with Gasteiger partial charge in [-0.3, -0.25) is 4.72 Å². The van der Waals surface area contributed by atoms with Crippen LogP contribution in [0.15, 0.2) is 58.3 Å². The van der Waals surface area contributed by atoms with Crippen LogP contribution in [0.3, 0.4) is 0 Å². The minimum atomic E-state index is -3.77. The van der Waals surface area contributed by atoms with Crippen LogP contribution in [0.5, 0.6) is 0 Å². The van der Waals surface area contributed by atoms with Gasteiger partial charge in [-0.1, -0.05) is 31.4 Å². The predicted octanol–water partition coefficient (Wildman–Crippen LogP) is 2.19. The lowest BCUT2D eigenvalue weighted by molar-refractivity contribution is 0.412. The lowest BCUT2D eigenvalue weighted by Crippen LogP contribution is -2.36. The lowest BCUT2D eigenvalue weighted by Gasteiger charge is -2.22. The molecule has 33 heavy (non-hydrogen) atoms. The third kappa shape index (κ3) is 7.78. The Morgan fingerprint density at radius 1 is 0.758 bits per heavy atom. The van der Waals surface area contributed by atoms with E-state index in [1.807, 2.05) is 0 Å². The largest absolute Gasteiger partial charge is 0.284 e. The first-order valence-corrected chi connectivity index (χ1v) is 15.5. The normalized spacial score (nSPS) is 15.9. The van der Waals surface area contributed by atoms with Crippen molar-refractivity contribution in [2.45, 2.75) is 54.4 Å². The SMILES string of the molecule is CS(=O)(=O)Nc1ccc(S(=O)(=O)NCCc2ccc(S(=O)(=O)NC3CCCCC3)cc2)cc1. The van der Waals surface area contributed by atoms with E-state index < -0.39 is 30.1 Å². The van der Waals surface area contributed by atoms with Crippen molar-refractivity contribution < 1.29 is 25.3 Å². The molecule has 182 valence electrons. The molecule has 0 saturated heterocycles. The minimum absolute atomic E-state index is 0.0109. The molecule has 3 rings (SSSR count). The van der Waals surface area contributed by atoms with E-state index in [1.165, 1.54) is 36.4 Å². The van der Waals surface area contributed by atoms with Crippen LogP contribution in [0.4, 0.5) is 5.69 Å². The molecule has 0 aliphatic heterocycles. The molecule has 0 atom stereocenters. The second-order valence-corrected chi connectivity index (χ2v) is 13.4. The van der Waals surface area contributed by atoms with Crippen molar-refractivity contribution in [2.24, 2.45) is 0 Å². The van der Waals surface area contributed by atoms with Crippen LogP contribution in [0.2, 0.25) is 0 Å². The Hall–Kier alpha value is -1.99. The van der Waals surface area contributed by atoms with Gasteiger partial charge in [-0.05, 0) is 61.2 Å². The minimum Gasteiger partial charge on any atom is -0.284 e. The molecular formula is C21H29N3O6S3. The van der Waals surface area contributed by atoms with Gasteiger partial charge in [-0.25, -0.2) is 34.7 Å². The van der Waals surface area contributed by atoms with Gasteiger partial charge in [0.05, 0.1) is 16.0 Å². The zero-order valence-corrected chi connectivity index (χ0v) is 20.8. The fourth-order valence-corrected chi connectivity index (χ4v) is 6.57. The molecule has 3 N–H and O–H groups in total. The van der Waals surface area contributed by atoms with Crippen molar-refractivity contribution in [3.63, 3.8) is 0 Å². The van der Waals surface area contributed by atoms with Crippen molar-refractivity contribution in [3.05, 3.63) is 54.1 Å². The predicted molar refractivity (Wildman–Crippen MR) is 127 cm³/mol. The fraction of sp³-hybridized carbons (Fsp3) is 0.429. The van der Waals surface area contributed by atoms with Gasteiger partial charge in [-0.15, -0.1) is 0 Å². The molecule has 0 aromatic heterocycles. The second-order valence-electron chi connectivity index (χ2n) is 8.15. The summed E-state index contributed by atoms with van der Waals surface area (Å²) in [5.41, 5.74) is 1.06. The smallest absolute Gasteiger partial charge is 0.240 e. The number of anilines is 1. The molecule has 9 nitrogen and oxygen atoms in total. The molecule has 0 bridgehead atoms. The molecule has 0 unspecified atom stereocenters. The molecule has 1 aliphatic rings. The Morgan fingerprint density at radius 3 is 1.88 bits per heavy atom. The number of benzene rings is 2. The molecule has 0 heterocycles. The van der Waals surface area contributed by atoms with E-state index in [9.17, 15) is 25.3 Å². The van der Waals surface area contributed by atoms with E-state index in [4.69, 9.17) is 0 Å². The van der Waals surface area contributed by atoms with Gasteiger partial charge in [0.15, 0.2) is 0 Å². The third-order valence-corrected chi connectivity index (χ3v) is 8.95. The first kappa shape index (κ1) is 25.6.